The first-order valence-electron chi connectivity index (χ1n) is 10.7. The maximum Gasteiger partial charge on any atom is 0.164 e. The first-order chi connectivity index (χ1) is 15.1. The van der Waals surface area contributed by atoms with Gasteiger partial charge >= 0.3 is 0 Å². The molecule has 1 aliphatic heterocycles. The molecule has 3 aromatic heterocycles. The summed E-state index contributed by atoms with van der Waals surface area (Å²) in [6.07, 6.45) is 5.43. The fourth-order valence-electron chi connectivity index (χ4n) is 4.31. The zero-order valence-corrected chi connectivity index (χ0v) is 17.8. The number of pyridine rings is 1. The average molecular weight is 417 g/mol. The molecule has 0 spiro atoms. The Kier molecular flexibility index (Phi) is 5.19. The van der Waals surface area contributed by atoms with Gasteiger partial charge in [0.25, 0.3) is 0 Å². The van der Waals surface area contributed by atoms with E-state index < -0.39 is 0 Å². The van der Waals surface area contributed by atoms with Crippen molar-refractivity contribution in [3.63, 3.8) is 0 Å². The fraction of sp³-hybridized carbons (Fsp3) is 0.333. The highest BCUT2D eigenvalue weighted by Crippen LogP contribution is 2.26. The number of rotatable bonds is 5. The first kappa shape index (κ1) is 19.8. The second-order valence-corrected chi connectivity index (χ2v) is 8.24. The summed E-state index contributed by atoms with van der Waals surface area (Å²) in [4.78, 5) is 20.4. The maximum absolute atomic E-state index is 13.9. The molecular weight excluding hydrogens is 391 g/mol. The van der Waals surface area contributed by atoms with Gasteiger partial charge < -0.3 is 4.57 Å². The Balaban J connectivity index is 1.52. The van der Waals surface area contributed by atoms with Gasteiger partial charge in [-0.1, -0.05) is 24.3 Å². The number of likely N-dealkylation sites (tertiary alicyclic amines) is 1. The van der Waals surface area contributed by atoms with E-state index in [4.69, 9.17) is 4.98 Å². The number of hydrogen-bond acceptors (Lipinski definition) is 5. The number of imidazole rings is 1. The molecule has 31 heavy (non-hydrogen) atoms. The van der Waals surface area contributed by atoms with Crippen molar-refractivity contribution in [2.75, 3.05) is 13.1 Å². The van der Waals surface area contributed by atoms with E-state index in [1.807, 2.05) is 18.4 Å². The molecule has 0 N–H and O–H groups in total. The van der Waals surface area contributed by atoms with Gasteiger partial charge in [-0.25, -0.2) is 19.3 Å². The van der Waals surface area contributed by atoms with Crippen LogP contribution in [0, 0.1) is 19.7 Å². The van der Waals surface area contributed by atoms with Crippen LogP contribution in [0.1, 0.15) is 35.5 Å². The monoisotopic (exact) mass is 416 g/mol. The molecule has 158 valence electrons. The van der Waals surface area contributed by atoms with E-state index in [1.54, 1.807) is 6.20 Å². The molecule has 1 aliphatic rings. The molecule has 1 fully saturated rings. The van der Waals surface area contributed by atoms with E-state index in [2.05, 4.69) is 44.1 Å². The van der Waals surface area contributed by atoms with E-state index in [9.17, 15) is 4.39 Å². The topological polar surface area (TPSA) is 59.7 Å². The molecule has 0 radical (unpaired) electrons. The van der Waals surface area contributed by atoms with Crippen LogP contribution in [0.25, 0.3) is 22.6 Å². The number of aryl methyl sites for hydroxylation is 2. The van der Waals surface area contributed by atoms with Crippen LogP contribution >= 0.6 is 0 Å². The molecule has 0 bridgehead atoms. The number of nitrogens with zero attached hydrogens (tertiary/aromatic N) is 6. The van der Waals surface area contributed by atoms with E-state index in [0.717, 1.165) is 29.0 Å². The molecule has 6 nitrogen and oxygen atoms in total. The minimum atomic E-state index is -0.388. The Morgan fingerprint density at radius 3 is 2.32 bits per heavy atom. The minimum Gasteiger partial charge on any atom is -0.304 e. The maximum atomic E-state index is 13.9. The van der Waals surface area contributed by atoms with Crippen LogP contribution in [-0.2, 0) is 13.1 Å². The van der Waals surface area contributed by atoms with Crippen molar-refractivity contribution >= 4 is 11.2 Å². The summed E-state index contributed by atoms with van der Waals surface area (Å²) in [5.41, 5.74) is 5.39. The summed E-state index contributed by atoms with van der Waals surface area (Å²) < 4.78 is 15.9. The molecular formula is C24H25FN6. The molecule has 5 rings (SSSR count). The number of benzene rings is 1. The van der Waals surface area contributed by atoms with Crippen molar-refractivity contribution < 1.29 is 4.39 Å². The molecule has 4 heterocycles. The third-order valence-electron chi connectivity index (χ3n) is 5.81. The van der Waals surface area contributed by atoms with Gasteiger partial charge in [0.15, 0.2) is 5.65 Å². The van der Waals surface area contributed by atoms with E-state index in [1.165, 1.54) is 43.8 Å². The number of aromatic nitrogens is 5. The molecule has 4 aromatic rings. The Labute approximate surface area is 180 Å². The normalized spacial score (nSPS) is 14.5. The molecule has 0 atom stereocenters. The highest BCUT2D eigenvalue weighted by atomic mass is 19.1. The van der Waals surface area contributed by atoms with Crippen molar-refractivity contribution in [3.05, 3.63) is 71.2 Å². The quantitative estimate of drug-likeness (QED) is 0.486. The van der Waals surface area contributed by atoms with Gasteiger partial charge in [-0.05, 0) is 57.0 Å². The zero-order chi connectivity index (χ0) is 21.4. The molecule has 0 unspecified atom stereocenters. The Morgan fingerprint density at radius 1 is 0.903 bits per heavy atom. The third-order valence-corrected chi connectivity index (χ3v) is 5.81. The lowest BCUT2D eigenvalue weighted by molar-refractivity contribution is 0.331. The number of halogens is 1. The molecule has 0 aliphatic carbocycles. The minimum absolute atomic E-state index is 0.388. The second-order valence-electron chi connectivity index (χ2n) is 8.24. The SMILES string of the molecule is Cc1nc(C)c2nc(-c3cncc(F)c3)n(Cc3ccc(CN4CCCC4)cc3)c2n1. The standard InChI is InChI=1S/C24H25FN6/c1-16-22-24(28-17(2)27-16)31(23(29-22)20-11-21(25)13-26-12-20)15-19-7-5-18(6-8-19)14-30-9-3-4-10-30/h5-8,11-13H,3-4,9-10,14-15H2,1-2H3. The first-order valence-corrected chi connectivity index (χ1v) is 10.7. The smallest absolute Gasteiger partial charge is 0.164 e. The molecule has 1 saturated heterocycles. The Hall–Kier alpha value is -3.19. The lowest BCUT2D eigenvalue weighted by atomic mass is 10.1. The zero-order valence-electron chi connectivity index (χ0n) is 17.8. The largest absolute Gasteiger partial charge is 0.304 e. The van der Waals surface area contributed by atoms with E-state index in [-0.39, 0.29) is 5.82 Å². The molecule has 0 amide bonds. The van der Waals surface area contributed by atoms with Gasteiger partial charge in [-0.3, -0.25) is 9.88 Å². The van der Waals surface area contributed by atoms with Crippen molar-refractivity contribution in [2.24, 2.45) is 0 Å². The van der Waals surface area contributed by atoms with Gasteiger partial charge in [-0.2, -0.15) is 0 Å². The fourth-order valence-corrected chi connectivity index (χ4v) is 4.31. The summed E-state index contributed by atoms with van der Waals surface area (Å²) in [6, 6.07) is 10.2. The van der Waals surface area contributed by atoms with Crippen LogP contribution in [0.15, 0.2) is 42.7 Å². The van der Waals surface area contributed by atoms with Gasteiger partial charge in [0.2, 0.25) is 0 Å². The predicted octanol–water partition coefficient (Wildman–Crippen LogP) is 4.29. The summed E-state index contributed by atoms with van der Waals surface area (Å²) in [5, 5.41) is 0. The summed E-state index contributed by atoms with van der Waals surface area (Å²) >= 11 is 0. The van der Waals surface area contributed by atoms with Crippen LogP contribution in [0.5, 0.6) is 0 Å². The summed E-state index contributed by atoms with van der Waals surface area (Å²) in [6.45, 7) is 7.76. The van der Waals surface area contributed by atoms with Crippen molar-refractivity contribution in [3.8, 4) is 11.4 Å². The highest BCUT2D eigenvalue weighted by Gasteiger charge is 2.18. The van der Waals surface area contributed by atoms with Crippen molar-refractivity contribution in [1.29, 1.82) is 0 Å². The van der Waals surface area contributed by atoms with Gasteiger partial charge in [0.05, 0.1) is 18.4 Å². The predicted molar refractivity (Wildman–Crippen MR) is 118 cm³/mol. The lowest BCUT2D eigenvalue weighted by Gasteiger charge is -2.15. The number of hydrogen-bond donors (Lipinski definition) is 0. The van der Waals surface area contributed by atoms with Crippen molar-refractivity contribution in [1.82, 2.24) is 29.4 Å². The van der Waals surface area contributed by atoms with Gasteiger partial charge in [0, 0.05) is 18.3 Å². The number of fused-ring (bicyclic) bond motifs is 1. The van der Waals surface area contributed by atoms with E-state index in [0.29, 0.717) is 23.8 Å². The molecule has 0 saturated carbocycles. The highest BCUT2D eigenvalue weighted by molar-refractivity contribution is 5.79. The van der Waals surface area contributed by atoms with Crippen LogP contribution in [0.2, 0.25) is 0 Å². The second kappa shape index (κ2) is 8.15. The van der Waals surface area contributed by atoms with Crippen LogP contribution in [0.4, 0.5) is 4.39 Å². The van der Waals surface area contributed by atoms with Crippen molar-refractivity contribution in [2.45, 2.75) is 39.8 Å². The van der Waals surface area contributed by atoms with E-state index >= 15 is 0 Å². The van der Waals surface area contributed by atoms with Crippen LogP contribution in [-0.4, -0.2) is 42.5 Å². The van der Waals surface area contributed by atoms with Gasteiger partial charge in [-0.15, -0.1) is 0 Å². The lowest BCUT2D eigenvalue weighted by Crippen LogP contribution is -2.18. The molecule has 7 heteroatoms. The Bertz CT molecular complexity index is 1230. The van der Waals surface area contributed by atoms with Crippen LogP contribution < -0.4 is 0 Å². The molecule has 1 aromatic carbocycles. The summed E-state index contributed by atoms with van der Waals surface area (Å²) in [7, 11) is 0. The van der Waals surface area contributed by atoms with Gasteiger partial charge in [0.1, 0.15) is 23.0 Å². The average Bonchev–Trinajstić information content (AvgIpc) is 3.38. The Morgan fingerprint density at radius 2 is 1.61 bits per heavy atom. The van der Waals surface area contributed by atoms with Crippen LogP contribution in [0.3, 0.4) is 0 Å². The summed E-state index contributed by atoms with van der Waals surface area (Å²) in [5.74, 6) is 0.948. The third kappa shape index (κ3) is 4.05.